The molecule has 280 valence electrons. The van der Waals surface area contributed by atoms with Gasteiger partial charge in [-0.05, 0) is 121 Å². The van der Waals surface area contributed by atoms with E-state index in [0.717, 1.165) is 32.1 Å². The first-order valence-corrected chi connectivity index (χ1v) is 20.8. The lowest BCUT2D eigenvalue weighted by molar-refractivity contribution is -0.133. The van der Waals surface area contributed by atoms with Crippen molar-refractivity contribution in [3.63, 3.8) is 0 Å². The molecular formula is C45H76O4. The maximum absolute atomic E-state index is 11.3. The molecule has 0 fully saturated rings. The summed E-state index contributed by atoms with van der Waals surface area (Å²) < 4.78 is 0. The van der Waals surface area contributed by atoms with Crippen LogP contribution in [0.5, 0.6) is 0 Å². The number of aliphatic carboxylic acids is 2. The number of carbonyl (C=O) groups is 2. The van der Waals surface area contributed by atoms with Gasteiger partial charge in [0.2, 0.25) is 0 Å². The normalized spacial score (nSPS) is 22.6. The van der Waals surface area contributed by atoms with Crippen molar-refractivity contribution < 1.29 is 19.8 Å². The summed E-state index contributed by atoms with van der Waals surface area (Å²) in [6, 6.07) is 0. The molecule has 4 nitrogen and oxygen atoms in total. The van der Waals surface area contributed by atoms with Crippen LogP contribution in [0.25, 0.3) is 0 Å². The number of hydrogen-bond acceptors (Lipinski definition) is 2. The van der Waals surface area contributed by atoms with Crippen molar-refractivity contribution in [2.45, 2.75) is 212 Å². The Morgan fingerprint density at radius 3 is 0.980 bits per heavy atom. The first kappa shape index (κ1) is 44.7. The first-order valence-electron chi connectivity index (χ1n) is 20.8. The Morgan fingerprint density at radius 2 is 0.694 bits per heavy atom. The van der Waals surface area contributed by atoms with E-state index in [1.165, 1.54) is 174 Å². The van der Waals surface area contributed by atoms with E-state index in [9.17, 15) is 14.7 Å². The Hall–Kier alpha value is -2.36. The SMILES string of the molecule is C1=CCCCCCCCC1.C1=CCCCCCCCC1.C1=CCCCCCCCC1.CC(=C/C1=C(\C(=O)O)CCCCCCCC1)C(=O)O. The highest BCUT2D eigenvalue weighted by molar-refractivity contribution is 5.90. The molecule has 0 atom stereocenters. The molecule has 4 heteroatoms. The summed E-state index contributed by atoms with van der Waals surface area (Å²) in [4.78, 5) is 22.2. The third kappa shape index (κ3) is 29.1. The molecule has 0 amide bonds. The van der Waals surface area contributed by atoms with Gasteiger partial charge in [-0.15, -0.1) is 0 Å². The van der Waals surface area contributed by atoms with Gasteiger partial charge in [0.1, 0.15) is 0 Å². The molecule has 0 aromatic rings. The highest BCUT2D eigenvalue weighted by Crippen LogP contribution is 2.24. The third-order valence-corrected chi connectivity index (χ3v) is 9.97. The molecule has 0 spiro atoms. The van der Waals surface area contributed by atoms with Crippen molar-refractivity contribution in [3.8, 4) is 0 Å². The number of carboxylic acid groups (broad SMARTS) is 2. The molecule has 0 heterocycles. The molecular weight excluding hydrogens is 604 g/mol. The Labute approximate surface area is 302 Å². The number of rotatable bonds is 3. The molecule has 2 N–H and O–H groups in total. The van der Waals surface area contributed by atoms with E-state index < -0.39 is 11.9 Å². The lowest BCUT2D eigenvalue weighted by Gasteiger charge is -2.12. The topological polar surface area (TPSA) is 74.6 Å². The fourth-order valence-electron chi connectivity index (χ4n) is 6.76. The lowest BCUT2D eigenvalue weighted by Crippen LogP contribution is -2.07. The molecule has 0 aromatic heterocycles. The van der Waals surface area contributed by atoms with Crippen LogP contribution < -0.4 is 0 Å². The Kier molecular flexibility index (Phi) is 31.1. The molecule has 4 aliphatic rings. The van der Waals surface area contributed by atoms with E-state index in [1.54, 1.807) is 0 Å². The zero-order chi connectivity index (χ0) is 35.5. The summed E-state index contributed by atoms with van der Waals surface area (Å²) in [5, 5.41) is 18.2. The van der Waals surface area contributed by atoms with Crippen LogP contribution in [0.2, 0.25) is 0 Å². The molecule has 0 aromatic carbocycles. The van der Waals surface area contributed by atoms with E-state index in [-0.39, 0.29) is 5.57 Å². The van der Waals surface area contributed by atoms with Crippen molar-refractivity contribution in [1.82, 2.24) is 0 Å². The highest BCUT2D eigenvalue weighted by Gasteiger charge is 2.15. The van der Waals surface area contributed by atoms with Crippen molar-refractivity contribution in [2.75, 3.05) is 0 Å². The molecule has 0 radical (unpaired) electrons. The Morgan fingerprint density at radius 1 is 0.429 bits per heavy atom. The Bertz CT molecular complexity index is 869. The van der Waals surface area contributed by atoms with Gasteiger partial charge in [-0.3, -0.25) is 0 Å². The minimum absolute atomic E-state index is 0.200. The molecule has 0 bridgehead atoms. The second kappa shape index (κ2) is 34.1. The van der Waals surface area contributed by atoms with Crippen molar-refractivity contribution in [3.05, 3.63) is 59.3 Å². The maximum atomic E-state index is 11.3. The van der Waals surface area contributed by atoms with Crippen LogP contribution in [0.3, 0.4) is 0 Å². The monoisotopic (exact) mass is 681 g/mol. The second-order valence-electron chi connectivity index (χ2n) is 14.6. The summed E-state index contributed by atoms with van der Waals surface area (Å²) in [7, 11) is 0. The second-order valence-corrected chi connectivity index (χ2v) is 14.6. The van der Waals surface area contributed by atoms with E-state index in [4.69, 9.17) is 5.11 Å². The van der Waals surface area contributed by atoms with E-state index in [1.807, 2.05) is 0 Å². The number of hydrogen-bond donors (Lipinski definition) is 2. The fraction of sp³-hybridized carbons (Fsp3) is 0.733. The predicted octanol–water partition coefficient (Wildman–Crippen LogP) is 14.6. The quantitative estimate of drug-likeness (QED) is 0.230. The maximum Gasteiger partial charge on any atom is 0.331 e. The van der Waals surface area contributed by atoms with Crippen LogP contribution in [-0.2, 0) is 9.59 Å². The highest BCUT2D eigenvalue weighted by atomic mass is 16.4. The van der Waals surface area contributed by atoms with Crippen LogP contribution in [0.4, 0.5) is 0 Å². The summed E-state index contributed by atoms with van der Waals surface area (Å²) in [5.74, 6) is -1.90. The van der Waals surface area contributed by atoms with Crippen LogP contribution in [0.15, 0.2) is 59.3 Å². The van der Waals surface area contributed by atoms with Gasteiger partial charge >= 0.3 is 11.9 Å². The lowest BCUT2D eigenvalue weighted by atomic mass is 9.93. The molecule has 0 unspecified atom stereocenters. The van der Waals surface area contributed by atoms with Gasteiger partial charge in [-0.1, -0.05) is 139 Å². The zero-order valence-electron chi connectivity index (χ0n) is 31.9. The molecule has 0 saturated heterocycles. The molecule has 0 saturated carbocycles. The molecule has 0 aliphatic heterocycles. The minimum Gasteiger partial charge on any atom is -0.478 e. The van der Waals surface area contributed by atoms with Gasteiger partial charge < -0.3 is 10.2 Å². The largest absolute Gasteiger partial charge is 0.478 e. The summed E-state index contributed by atoms with van der Waals surface area (Å²) in [6.07, 6.45) is 57.0. The van der Waals surface area contributed by atoms with Gasteiger partial charge in [0.15, 0.2) is 0 Å². The summed E-state index contributed by atoms with van der Waals surface area (Å²) in [5.41, 5.74) is 1.28. The van der Waals surface area contributed by atoms with Crippen LogP contribution >= 0.6 is 0 Å². The fourth-order valence-corrected chi connectivity index (χ4v) is 6.76. The third-order valence-electron chi connectivity index (χ3n) is 9.97. The van der Waals surface area contributed by atoms with Gasteiger partial charge in [-0.2, -0.15) is 0 Å². The van der Waals surface area contributed by atoms with Gasteiger partial charge in [-0.25, -0.2) is 9.59 Å². The first-order chi connectivity index (χ1) is 24.0. The summed E-state index contributed by atoms with van der Waals surface area (Å²) >= 11 is 0. The average molecular weight is 681 g/mol. The standard InChI is InChI=1S/C15H22O4.3C10H18/c1-11(14(16)17)10-12-8-6-4-2-3-5-7-9-13(12)15(18)19;3*1-2-4-6-8-10-9-7-5-3-1/h10H,2-9H2,1H3,(H,16,17)(H,18,19);3*1-2H,3-10H2/b11-10?,13-12-;;;. The molecule has 49 heavy (non-hydrogen) atoms. The van der Waals surface area contributed by atoms with Crippen molar-refractivity contribution in [2.24, 2.45) is 0 Å². The predicted molar refractivity (Wildman–Crippen MR) is 211 cm³/mol. The van der Waals surface area contributed by atoms with Crippen molar-refractivity contribution in [1.29, 1.82) is 0 Å². The summed E-state index contributed by atoms with van der Waals surface area (Å²) in [6.45, 7) is 1.51. The van der Waals surface area contributed by atoms with Crippen molar-refractivity contribution >= 4 is 11.9 Å². The average Bonchev–Trinajstić information content (AvgIpc) is 3.12. The van der Waals surface area contributed by atoms with E-state index >= 15 is 0 Å². The van der Waals surface area contributed by atoms with Gasteiger partial charge in [0, 0.05) is 11.1 Å². The molecule has 4 aliphatic carbocycles. The number of allylic oxidation sites excluding steroid dienone is 8. The van der Waals surface area contributed by atoms with E-state index in [0.29, 0.717) is 24.0 Å². The number of carboxylic acids is 2. The minimum atomic E-state index is -0.991. The Balaban J connectivity index is 0.000000344. The van der Waals surface area contributed by atoms with Crippen LogP contribution in [-0.4, -0.2) is 22.2 Å². The molecule has 4 rings (SSSR count). The zero-order valence-corrected chi connectivity index (χ0v) is 31.9. The van der Waals surface area contributed by atoms with Gasteiger partial charge in [0.25, 0.3) is 0 Å². The van der Waals surface area contributed by atoms with Crippen LogP contribution in [0.1, 0.15) is 212 Å². The van der Waals surface area contributed by atoms with E-state index in [2.05, 4.69) is 36.5 Å². The smallest absolute Gasteiger partial charge is 0.331 e. The van der Waals surface area contributed by atoms with Crippen LogP contribution in [0, 0.1) is 0 Å². The van der Waals surface area contributed by atoms with Gasteiger partial charge in [0.05, 0.1) is 0 Å².